The number of nitrogens with one attached hydrogen (secondary N) is 1. The number of ether oxygens (including phenoxy) is 1. The van der Waals surface area contributed by atoms with E-state index < -0.39 is 0 Å². The van der Waals surface area contributed by atoms with Gasteiger partial charge in [0.15, 0.2) is 11.5 Å². The zero-order valence-corrected chi connectivity index (χ0v) is 10.8. The standard InChI is InChI=1S/C13H17N3O3/c1-2-13-16-10-7-9(3-4-11(10)19-13)15-12(17)8-18-6-5-14/h3-4,7H,2,5-6,8,14H2,1H3,(H,15,17). The van der Waals surface area contributed by atoms with Gasteiger partial charge in [-0.05, 0) is 18.2 Å². The number of fused-ring (bicyclic) bond motifs is 1. The van der Waals surface area contributed by atoms with Crippen LogP contribution in [0.25, 0.3) is 11.1 Å². The predicted octanol–water partition coefficient (Wildman–Crippen LogP) is 1.30. The average Bonchev–Trinajstić information content (AvgIpc) is 2.81. The average molecular weight is 263 g/mol. The summed E-state index contributed by atoms with van der Waals surface area (Å²) in [7, 11) is 0. The lowest BCUT2D eigenvalue weighted by Crippen LogP contribution is -2.20. The highest BCUT2D eigenvalue weighted by molar-refractivity contribution is 5.93. The van der Waals surface area contributed by atoms with E-state index in [4.69, 9.17) is 14.9 Å². The number of hydrogen-bond acceptors (Lipinski definition) is 5. The number of aromatic nitrogens is 1. The highest BCUT2D eigenvalue weighted by Gasteiger charge is 2.07. The Bertz CT molecular complexity index is 565. The number of nitrogens with two attached hydrogens (primary N) is 1. The van der Waals surface area contributed by atoms with Gasteiger partial charge in [0.25, 0.3) is 0 Å². The van der Waals surface area contributed by atoms with Crippen molar-refractivity contribution in [3.8, 4) is 0 Å². The lowest BCUT2D eigenvalue weighted by molar-refractivity contribution is -0.120. The molecule has 2 rings (SSSR count). The molecule has 0 atom stereocenters. The Balaban J connectivity index is 2.02. The van der Waals surface area contributed by atoms with Gasteiger partial charge < -0.3 is 20.2 Å². The van der Waals surface area contributed by atoms with Crippen LogP contribution in [0.3, 0.4) is 0 Å². The Kier molecular flexibility index (Phi) is 4.48. The maximum atomic E-state index is 11.6. The first-order valence-corrected chi connectivity index (χ1v) is 6.20. The fourth-order valence-electron chi connectivity index (χ4n) is 1.65. The Morgan fingerprint density at radius 1 is 1.53 bits per heavy atom. The zero-order valence-electron chi connectivity index (χ0n) is 10.8. The summed E-state index contributed by atoms with van der Waals surface area (Å²) in [5.74, 6) is 0.469. The van der Waals surface area contributed by atoms with Gasteiger partial charge in [0, 0.05) is 18.7 Å². The number of carbonyl (C=O) groups excluding carboxylic acids is 1. The highest BCUT2D eigenvalue weighted by Crippen LogP contribution is 2.20. The molecule has 1 amide bonds. The molecule has 0 saturated carbocycles. The molecule has 0 aliphatic heterocycles. The number of aryl methyl sites for hydroxylation is 1. The van der Waals surface area contributed by atoms with E-state index in [1.54, 1.807) is 18.2 Å². The van der Waals surface area contributed by atoms with Crippen molar-refractivity contribution in [3.05, 3.63) is 24.1 Å². The van der Waals surface area contributed by atoms with E-state index in [9.17, 15) is 4.79 Å². The van der Waals surface area contributed by atoms with E-state index in [1.807, 2.05) is 6.92 Å². The first-order valence-electron chi connectivity index (χ1n) is 6.20. The molecule has 0 spiro atoms. The van der Waals surface area contributed by atoms with Gasteiger partial charge in [0.1, 0.15) is 12.1 Å². The fourth-order valence-corrected chi connectivity index (χ4v) is 1.65. The van der Waals surface area contributed by atoms with Gasteiger partial charge >= 0.3 is 0 Å². The van der Waals surface area contributed by atoms with Crippen LogP contribution >= 0.6 is 0 Å². The number of hydrogen-bond donors (Lipinski definition) is 2. The largest absolute Gasteiger partial charge is 0.441 e. The molecular formula is C13H17N3O3. The smallest absolute Gasteiger partial charge is 0.250 e. The summed E-state index contributed by atoms with van der Waals surface area (Å²) in [6, 6.07) is 5.34. The van der Waals surface area contributed by atoms with Crippen molar-refractivity contribution >= 4 is 22.7 Å². The van der Waals surface area contributed by atoms with Gasteiger partial charge in [-0.15, -0.1) is 0 Å². The van der Waals surface area contributed by atoms with Crippen molar-refractivity contribution in [1.82, 2.24) is 4.98 Å². The molecule has 1 heterocycles. The highest BCUT2D eigenvalue weighted by atomic mass is 16.5. The van der Waals surface area contributed by atoms with Crippen molar-refractivity contribution in [1.29, 1.82) is 0 Å². The number of oxazole rings is 1. The van der Waals surface area contributed by atoms with Gasteiger partial charge in [-0.3, -0.25) is 4.79 Å². The van der Waals surface area contributed by atoms with Crippen LogP contribution in [-0.4, -0.2) is 30.6 Å². The minimum Gasteiger partial charge on any atom is -0.441 e. The molecule has 6 heteroatoms. The summed E-state index contributed by atoms with van der Waals surface area (Å²) in [6.07, 6.45) is 0.739. The third kappa shape index (κ3) is 3.52. The quantitative estimate of drug-likeness (QED) is 0.767. The summed E-state index contributed by atoms with van der Waals surface area (Å²) in [5, 5.41) is 2.73. The van der Waals surface area contributed by atoms with Gasteiger partial charge in [0.05, 0.1) is 6.61 Å². The second kappa shape index (κ2) is 6.31. The molecule has 0 aliphatic carbocycles. The van der Waals surface area contributed by atoms with E-state index in [0.717, 1.165) is 11.9 Å². The lowest BCUT2D eigenvalue weighted by Gasteiger charge is -2.05. The summed E-state index contributed by atoms with van der Waals surface area (Å²) in [6.45, 7) is 2.74. The van der Waals surface area contributed by atoms with Crippen LogP contribution in [-0.2, 0) is 16.0 Å². The number of benzene rings is 1. The van der Waals surface area contributed by atoms with Crippen LogP contribution in [0.15, 0.2) is 22.6 Å². The van der Waals surface area contributed by atoms with Crippen LogP contribution in [0, 0.1) is 0 Å². The summed E-state index contributed by atoms with van der Waals surface area (Å²) in [4.78, 5) is 15.9. The second-order valence-electron chi connectivity index (χ2n) is 4.03. The molecule has 0 aliphatic rings. The van der Waals surface area contributed by atoms with Crippen molar-refractivity contribution in [2.24, 2.45) is 5.73 Å². The molecule has 0 saturated heterocycles. The number of amides is 1. The Morgan fingerprint density at radius 3 is 3.11 bits per heavy atom. The topological polar surface area (TPSA) is 90.4 Å². The van der Waals surface area contributed by atoms with E-state index in [0.29, 0.717) is 30.3 Å². The van der Waals surface area contributed by atoms with Crippen LogP contribution < -0.4 is 11.1 Å². The van der Waals surface area contributed by atoms with Crippen LogP contribution in [0.1, 0.15) is 12.8 Å². The number of anilines is 1. The molecule has 0 bridgehead atoms. The Hall–Kier alpha value is -1.92. The maximum absolute atomic E-state index is 11.6. The van der Waals surface area contributed by atoms with Crippen molar-refractivity contribution in [2.45, 2.75) is 13.3 Å². The minimum absolute atomic E-state index is 0.00569. The molecule has 3 N–H and O–H groups in total. The van der Waals surface area contributed by atoms with Crippen LogP contribution in [0.2, 0.25) is 0 Å². The van der Waals surface area contributed by atoms with E-state index in [2.05, 4.69) is 10.3 Å². The Labute approximate surface area is 110 Å². The molecule has 0 unspecified atom stereocenters. The van der Waals surface area contributed by atoms with E-state index in [-0.39, 0.29) is 12.5 Å². The zero-order chi connectivity index (χ0) is 13.7. The van der Waals surface area contributed by atoms with Crippen molar-refractivity contribution in [2.75, 3.05) is 25.1 Å². The predicted molar refractivity (Wildman–Crippen MR) is 71.9 cm³/mol. The van der Waals surface area contributed by atoms with E-state index >= 15 is 0 Å². The number of nitrogens with zero attached hydrogens (tertiary/aromatic N) is 1. The van der Waals surface area contributed by atoms with Gasteiger partial charge in [-0.2, -0.15) is 0 Å². The Morgan fingerprint density at radius 2 is 2.37 bits per heavy atom. The molecule has 102 valence electrons. The second-order valence-corrected chi connectivity index (χ2v) is 4.03. The molecule has 1 aromatic carbocycles. The van der Waals surface area contributed by atoms with Crippen LogP contribution in [0.4, 0.5) is 5.69 Å². The van der Waals surface area contributed by atoms with E-state index in [1.165, 1.54) is 0 Å². The third-order valence-corrected chi connectivity index (χ3v) is 2.51. The molecule has 1 aromatic heterocycles. The lowest BCUT2D eigenvalue weighted by atomic mass is 10.3. The number of carbonyl (C=O) groups is 1. The molecular weight excluding hydrogens is 246 g/mol. The first-order chi connectivity index (χ1) is 9.22. The SMILES string of the molecule is CCc1nc2cc(NC(=O)COCCN)ccc2o1. The molecule has 6 nitrogen and oxygen atoms in total. The molecule has 2 aromatic rings. The minimum atomic E-state index is -0.216. The molecule has 0 fully saturated rings. The van der Waals surface area contributed by atoms with Crippen molar-refractivity contribution < 1.29 is 13.9 Å². The summed E-state index contributed by atoms with van der Waals surface area (Å²) < 4.78 is 10.5. The first kappa shape index (κ1) is 13.5. The van der Waals surface area contributed by atoms with Crippen molar-refractivity contribution in [3.63, 3.8) is 0 Å². The molecule has 0 radical (unpaired) electrons. The monoisotopic (exact) mass is 263 g/mol. The van der Waals surface area contributed by atoms with Gasteiger partial charge in [-0.1, -0.05) is 6.92 Å². The maximum Gasteiger partial charge on any atom is 0.250 e. The fraction of sp³-hybridized carbons (Fsp3) is 0.385. The normalized spacial score (nSPS) is 10.8. The third-order valence-electron chi connectivity index (χ3n) is 2.51. The van der Waals surface area contributed by atoms with Crippen LogP contribution in [0.5, 0.6) is 0 Å². The number of rotatable bonds is 6. The summed E-state index contributed by atoms with van der Waals surface area (Å²) in [5.41, 5.74) is 7.39. The van der Waals surface area contributed by atoms with Gasteiger partial charge in [-0.25, -0.2) is 4.98 Å². The summed E-state index contributed by atoms with van der Waals surface area (Å²) >= 11 is 0. The molecule has 19 heavy (non-hydrogen) atoms. The van der Waals surface area contributed by atoms with Gasteiger partial charge in [0.2, 0.25) is 5.91 Å².